The first kappa shape index (κ1) is 18.7. The highest BCUT2D eigenvalue weighted by atomic mass is 32.2. The molecular formula is C23H25N3O2S. The molecule has 5 nitrogen and oxygen atoms in total. The maximum atomic E-state index is 12.5. The summed E-state index contributed by atoms with van der Waals surface area (Å²) in [5, 5.41) is 1.20. The van der Waals surface area contributed by atoms with Crippen LogP contribution in [0.25, 0.3) is 10.9 Å². The summed E-state index contributed by atoms with van der Waals surface area (Å²) in [5.74, 6) is 0.684. The second-order valence-corrected chi connectivity index (χ2v) is 10.2. The average molecular weight is 408 g/mol. The molecule has 3 atom stereocenters. The Kier molecular flexibility index (Phi) is 4.65. The van der Waals surface area contributed by atoms with Gasteiger partial charge >= 0.3 is 0 Å². The molecule has 0 amide bonds. The van der Waals surface area contributed by atoms with Gasteiger partial charge in [0.2, 0.25) is 10.0 Å². The van der Waals surface area contributed by atoms with Gasteiger partial charge in [-0.2, -0.15) is 4.31 Å². The zero-order valence-corrected chi connectivity index (χ0v) is 17.3. The smallest absolute Gasteiger partial charge is 0.211 e. The van der Waals surface area contributed by atoms with E-state index in [9.17, 15) is 8.42 Å². The van der Waals surface area contributed by atoms with Gasteiger partial charge in [-0.25, -0.2) is 8.42 Å². The molecule has 0 aliphatic carbocycles. The number of hydrogen-bond acceptors (Lipinski definition) is 4. The van der Waals surface area contributed by atoms with Crippen molar-refractivity contribution >= 4 is 20.9 Å². The number of aromatic nitrogens is 1. The predicted octanol–water partition coefficient (Wildman–Crippen LogP) is 3.30. The van der Waals surface area contributed by atoms with Gasteiger partial charge in [0, 0.05) is 37.8 Å². The second kappa shape index (κ2) is 7.20. The van der Waals surface area contributed by atoms with Crippen molar-refractivity contribution in [2.75, 3.05) is 25.9 Å². The zero-order chi connectivity index (χ0) is 20.0. The molecule has 2 aromatic carbocycles. The lowest BCUT2D eigenvalue weighted by atomic mass is 9.90. The largest absolute Gasteiger partial charge is 0.298 e. The highest BCUT2D eigenvalue weighted by Crippen LogP contribution is 2.46. The van der Waals surface area contributed by atoms with Crippen LogP contribution in [-0.2, 0) is 16.6 Å². The van der Waals surface area contributed by atoms with Crippen LogP contribution in [0, 0.1) is 11.8 Å². The van der Waals surface area contributed by atoms with Gasteiger partial charge in [0.05, 0.1) is 17.8 Å². The first-order valence-electron chi connectivity index (χ1n) is 10.1. The fourth-order valence-corrected chi connectivity index (χ4v) is 6.33. The van der Waals surface area contributed by atoms with Crippen LogP contribution in [0.2, 0.25) is 0 Å². The summed E-state index contributed by atoms with van der Waals surface area (Å²) in [6.07, 6.45) is 3.17. The van der Waals surface area contributed by atoms with Gasteiger partial charge in [-0.05, 0) is 35.1 Å². The third-order valence-corrected chi connectivity index (χ3v) is 7.62. The summed E-state index contributed by atoms with van der Waals surface area (Å²) in [6.45, 7) is 3.32. The van der Waals surface area contributed by atoms with Gasteiger partial charge in [0.25, 0.3) is 0 Å². The maximum absolute atomic E-state index is 12.5. The first-order valence-corrected chi connectivity index (χ1v) is 11.9. The van der Waals surface area contributed by atoms with Gasteiger partial charge in [0.15, 0.2) is 0 Å². The van der Waals surface area contributed by atoms with Crippen molar-refractivity contribution in [1.29, 1.82) is 0 Å². The summed E-state index contributed by atoms with van der Waals surface area (Å²) >= 11 is 0. The Morgan fingerprint density at radius 1 is 0.966 bits per heavy atom. The summed E-state index contributed by atoms with van der Waals surface area (Å²) in [6, 6.07) is 20.4. The Bertz CT molecular complexity index is 1130. The SMILES string of the molecule is CS(=O)(=O)N1C[C@H]2CN(Cc3cccc4ncccc34)C[C@H]2[C@@H]1c1ccccc1. The van der Waals surface area contributed by atoms with Crippen LogP contribution in [0.1, 0.15) is 17.2 Å². The van der Waals surface area contributed by atoms with Crippen molar-refractivity contribution < 1.29 is 8.42 Å². The molecule has 0 radical (unpaired) electrons. The van der Waals surface area contributed by atoms with Crippen LogP contribution < -0.4 is 0 Å². The quantitative estimate of drug-likeness (QED) is 0.666. The average Bonchev–Trinajstić information content (AvgIpc) is 3.26. The summed E-state index contributed by atoms with van der Waals surface area (Å²) in [7, 11) is -3.24. The van der Waals surface area contributed by atoms with Crippen molar-refractivity contribution in [2.45, 2.75) is 12.6 Å². The first-order chi connectivity index (χ1) is 14.0. The molecule has 2 fully saturated rings. The molecule has 0 unspecified atom stereocenters. The summed E-state index contributed by atoms with van der Waals surface area (Å²) in [4.78, 5) is 6.95. The fourth-order valence-electron chi connectivity index (χ4n) is 5.18. The normalized spacial score (nSPS) is 25.5. The molecule has 0 saturated carbocycles. The summed E-state index contributed by atoms with van der Waals surface area (Å²) in [5.41, 5.74) is 3.41. The topological polar surface area (TPSA) is 53.5 Å². The molecule has 3 aromatic rings. The van der Waals surface area contributed by atoms with E-state index in [0.29, 0.717) is 18.4 Å². The van der Waals surface area contributed by atoms with Crippen LogP contribution in [0.15, 0.2) is 66.9 Å². The molecule has 5 rings (SSSR count). The number of hydrogen-bond donors (Lipinski definition) is 0. The molecule has 1 aromatic heterocycles. The molecule has 6 heteroatoms. The Morgan fingerprint density at radius 2 is 1.79 bits per heavy atom. The van der Waals surface area contributed by atoms with Gasteiger partial charge in [0.1, 0.15) is 0 Å². The van der Waals surface area contributed by atoms with E-state index in [1.807, 2.05) is 36.5 Å². The van der Waals surface area contributed by atoms with Crippen molar-refractivity contribution in [3.8, 4) is 0 Å². The molecule has 0 bridgehead atoms. The van der Waals surface area contributed by atoms with Gasteiger partial charge in [-0.3, -0.25) is 9.88 Å². The number of fused-ring (bicyclic) bond motifs is 2. The van der Waals surface area contributed by atoms with E-state index in [4.69, 9.17) is 0 Å². The molecule has 0 spiro atoms. The molecule has 0 N–H and O–H groups in total. The Labute approximate surface area is 172 Å². The van der Waals surface area contributed by atoms with E-state index in [0.717, 1.165) is 30.7 Å². The minimum atomic E-state index is -3.24. The van der Waals surface area contributed by atoms with Gasteiger partial charge < -0.3 is 0 Å². The van der Waals surface area contributed by atoms with Crippen molar-refractivity contribution in [3.63, 3.8) is 0 Å². The van der Waals surface area contributed by atoms with E-state index < -0.39 is 10.0 Å². The molecule has 3 heterocycles. The number of nitrogens with zero attached hydrogens (tertiary/aromatic N) is 3. The Hall–Kier alpha value is -2.28. The number of rotatable bonds is 4. The van der Waals surface area contributed by atoms with Crippen LogP contribution in [0.3, 0.4) is 0 Å². The minimum Gasteiger partial charge on any atom is -0.298 e. The zero-order valence-electron chi connectivity index (χ0n) is 16.5. The van der Waals surface area contributed by atoms with Crippen molar-refractivity contribution in [3.05, 3.63) is 78.0 Å². The molecule has 2 aliphatic rings. The van der Waals surface area contributed by atoms with E-state index in [1.165, 1.54) is 17.2 Å². The van der Waals surface area contributed by atoms with Crippen LogP contribution in [0.5, 0.6) is 0 Å². The van der Waals surface area contributed by atoms with E-state index in [-0.39, 0.29) is 6.04 Å². The lowest BCUT2D eigenvalue weighted by molar-refractivity contribution is 0.261. The third kappa shape index (κ3) is 3.45. The van der Waals surface area contributed by atoms with E-state index in [2.05, 4.69) is 40.2 Å². The van der Waals surface area contributed by atoms with Gasteiger partial charge in [-0.1, -0.05) is 48.5 Å². The molecule has 2 aliphatic heterocycles. The molecule has 150 valence electrons. The molecular weight excluding hydrogens is 382 g/mol. The highest BCUT2D eigenvalue weighted by molar-refractivity contribution is 7.88. The number of pyridine rings is 1. The Balaban J connectivity index is 1.42. The standard InChI is InChI=1S/C23H25N3O2S/c1-29(27,28)26-15-19-14-25(16-21(19)23(26)17-7-3-2-4-8-17)13-18-9-5-11-22-20(18)10-6-12-24-22/h2-12,19,21,23H,13-16H2,1H3/t19-,21-,23+/m1/s1. The van der Waals surface area contributed by atoms with E-state index in [1.54, 1.807) is 4.31 Å². The highest BCUT2D eigenvalue weighted by Gasteiger charge is 2.50. The predicted molar refractivity (Wildman–Crippen MR) is 115 cm³/mol. The van der Waals surface area contributed by atoms with E-state index >= 15 is 0 Å². The van der Waals surface area contributed by atoms with Gasteiger partial charge in [-0.15, -0.1) is 0 Å². The van der Waals surface area contributed by atoms with Crippen LogP contribution >= 0.6 is 0 Å². The monoisotopic (exact) mass is 407 g/mol. The third-order valence-electron chi connectivity index (χ3n) is 6.39. The van der Waals surface area contributed by atoms with Crippen molar-refractivity contribution in [1.82, 2.24) is 14.2 Å². The lowest BCUT2D eigenvalue weighted by Crippen LogP contribution is -2.34. The fraction of sp³-hybridized carbons (Fsp3) is 0.348. The van der Waals surface area contributed by atoms with Crippen LogP contribution in [0.4, 0.5) is 0 Å². The molecule has 29 heavy (non-hydrogen) atoms. The second-order valence-electron chi connectivity index (χ2n) is 8.29. The number of likely N-dealkylation sites (tertiary alicyclic amines) is 1. The summed E-state index contributed by atoms with van der Waals surface area (Å²) < 4.78 is 26.7. The Morgan fingerprint density at radius 3 is 2.59 bits per heavy atom. The van der Waals surface area contributed by atoms with Crippen LogP contribution in [-0.4, -0.2) is 48.5 Å². The number of sulfonamides is 1. The number of benzene rings is 2. The van der Waals surface area contributed by atoms with Crippen molar-refractivity contribution in [2.24, 2.45) is 11.8 Å². The minimum absolute atomic E-state index is 0.0737. The maximum Gasteiger partial charge on any atom is 0.211 e. The lowest BCUT2D eigenvalue weighted by Gasteiger charge is -2.28. The molecule has 2 saturated heterocycles.